The molecule has 0 aliphatic carbocycles. The maximum absolute atomic E-state index is 10.1. The zero-order valence-corrected chi connectivity index (χ0v) is 12.2. The molecule has 0 spiro atoms. The Morgan fingerprint density at radius 2 is 1.42 bits per heavy atom. The molecule has 0 unspecified atom stereocenters. The van der Waals surface area contributed by atoms with Gasteiger partial charge in [0.15, 0.2) is 0 Å². The predicted molar refractivity (Wildman–Crippen MR) is 79.0 cm³/mol. The molecule has 0 bridgehead atoms. The van der Waals surface area contributed by atoms with Crippen LogP contribution in [0.15, 0.2) is 52.3 Å². The number of hydrogen-bond donors (Lipinski definition) is 2. The first-order valence-corrected chi connectivity index (χ1v) is 6.98. The van der Waals surface area contributed by atoms with E-state index >= 15 is 0 Å². The maximum atomic E-state index is 10.1. The van der Waals surface area contributed by atoms with Crippen LogP contribution < -0.4 is 0 Å². The van der Waals surface area contributed by atoms with Gasteiger partial charge in [0, 0.05) is 9.79 Å². The fraction of sp³-hybridized carbons (Fsp3) is 0.250. The molecule has 0 radical (unpaired) electrons. The Morgan fingerprint density at radius 3 is 1.95 bits per heavy atom. The van der Waals surface area contributed by atoms with Crippen LogP contribution >= 0.6 is 11.8 Å². The van der Waals surface area contributed by atoms with E-state index in [1.165, 1.54) is 0 Å². The van der Waals surface area contributed by atoms with E-state index in [1.54, 1.807) is 30.0 Å². The molecule has 0 aliphatic heterocycles. The monoisotopic (exact) mass is 274 g/mol. The van der Waals surface area contributed by atoms with Crippen molar-refractivity contribution in [2.75, 3.05) is 0 Å². The third-order valence-electron chi connectivity index (χ3n) is 2.85. The zero-order valence-electron chi connectivity index (χ0n) is 11.3. The largest absolute Gasteiger partial charge is 0.508 e. The minimum Gasteiger partial charge on any atom is -0.508 e. The SMILES string of the molecule is CC(C)(C)c1ccc(Sc2ccc(O)cc2)cc1O. The summed E-state index contributed by atoms with van der Waals surface area (Å²) in [6.45, 7) is 6.23. The van der Waals surface area contributed by atoms with Crippen LogP contribution in [0.25, 0.3) is 0 Å². The van der Waals surface area contributed by atoms with Gasteiger partial charge in [-0.3, -0.25) is 0 Å². The van der Waals surface area contributed by atoms with Crippen LogP contribution in [-0.2, 0) is 5.41 Å². The van der Waals surface area contributed by atoms with Gasteiger partial charge in [-0.1, -0.05) is 38.6 Å². The number of aromatic hydroxyl groups is 2. The van der Waals surface area contributed by atoms with Crippen LogP contribution in [0.5, 0.6) is 11.5 Å². The zero-order chi connectivity index (χ0) is 14.0. The van der Waals surface area contributed by atoms with Gasteiger partial charge < -0.3 is 10.2 Å². The number of phenols is 2. The molecule has 2 aromatic rings. The van der Waals surface area contributed by atoms with E-state index in [0.717, 1.165) is 15.4 Å². The Balaban J connectivity index is 2.23. The highest BCUT2D eigenvalue weighted by Crippen LogP contribution is 2.36. The van der Waals surface area contributed by atoms with Crippen molar-refractivity contribution >= 4 is 11.8 Å². The molecule has 2 N–H and O–H groups in total. The highest BCUT2D eigenvalue weighted by atomic mass is 32.2. The van der Waals surface area contributed by atoms with Crippen molar-refractivity contribution in [2.24, 2.45) is 0 Å². The van der Waals surface area contributed by atoms with Gasteiger partial charge in [-0.05, 0) is 47.4 Å². The van der Waals surface area contributed by atoms with Crippen LogP contribution in [0.1, 0.15) is 26.3 Å². The Hall–Kier alpha value is -1.61. The average molecular weight is 274 g/mol. The lowest BCUT2D eigenvalue weighted by Gasteiger charge is -2.20. The minimum absolute atomic E-state index is 0.0637. The summed E-state index contributed by atoms with van der Waals surface area (Å²) < 4.78 is 0. The summed E-state index contributed by atoms with van der Waals surface area (Å²) in [5, 5.41) is 19.3. The van der Waals surface area contributed by atoms with Crippen LogP contribution in [0, 0.1) is 0 Å². The van der Waals surface area contributed by atoms with E-state index in [9.17, 15) is 10.2 Å². The molecule has 2 aromatic carbocycles. The van der Waals surface area contributed by atoms with E-state index in [2.05, 4.69) is 20.8 Å². The van der Waals surface area contributed by atoms with E-state index in [0.29, 0.717) is 5.75 Å². The highest BCUT2D eigenvalue weighted by molar-refractivity contribution is 7.99. The molecule has 0 aliphatic rings. The lowest BCUT2D eigenvalue weighted by atomic mass is 9.86. The van der Waals surface area contributed by atoms with Crippen LogP contribution in [0.4, 0.5) is 0 Å². The normalized spacial score (nSPS) is 11.5. The second kappa shape index (κ2) is 5.17. The standard InChI is InChI=1S/C16H18O2S/c1-16(2,3)14-9-8-13(10-15(14)18)19-12-6-4-11(17)5-7-12/h4-10,17-18H,1-3H3. The second-order valence-electron chi connectivity index (χ2n) is 5.52. The second-order valence-corrected chi connectivity index (χ2v) is 6.67. The number of hydrogen-bond acceptors (Lipinski definition) is 3. The summed E-state index contributed by atoms with van der Waals surface area (Å²) in [4.78, 5) is 2.01. The smallest absolute Gasteiger partial charge is 0.120 e. The Kier molecular flexibility index (Phi) is 3.76. The van der Waals surface area contributed by atoms with Crippen molar-refractivity contribution in [1.82, 2.24) is 0 Å². The summed E-state index contributed by atoms with van der Waals surface area (Å²) in [5.41, 5.74) is 0.883. The van der Waals surface area contributed by atoms with Gasteiger partial charge in [0.05, 0.1) is 0 Å². The lowest BCUT2D eigenvalue weighted by Crippen LogP contribution is -2.10. The lowest BCUT2D eigenvalue weighted by molar-refractivity contribution is 0.445. The van der Waals surface area contributed by atoms with Crippen molar-refractivity contribution in [2.45, 2.75) is 36.0 Å². The number of phenolic OH excluding ortho intramolecular Hbond substituents is 2. The fourth-order valence-electron chi connectivity index (χ4n) is 1.86. The van der Waals surface area contributed by atoms with E-state index in [-0.39, 0.29) is 11.2 Å². The van der Waals surface area contributed by atoms with Gasteiger partial charge in [0.1, 0.15) is 11.5 Å². The third-order valence-corrected chi connectivity index (χ3v) is 3.85. The molecular weight excluding hydrogens is 256 g/mol. The summed E-state index contributed by atoms with van der Waals surface area (Å²) in [6, 6.07) is 12.8. The molecule has 0 amide bonds. The van der Waals surface area contributed by atoms with Crippen molar-refractivity contribution in [3.63, 3.8) is 0 Å². The van der Waals surface area contributed by atoms with Crippen molar-refractivity contribution in [3.8, 4) is 11.5 Å². The Morgan fingerprint density at radius 1 is 0.842 bits per heavy atom. The van der Waals surface area contributed by atoms with Gasteiger partial charge in [-0.15, -0.1) is 0 Å². The molecule has 2 nitrogen and oxygen atoms in total. The highest BCUT2D eigenvalue weighted by Gasteiger charge is 2.18. The summed E-state index contributed by atoms with van der Waals surface area (Å²) in [6.07, 6.45) is 0. The van der Waals surface area contributed by atoms with Gasteiger partial charge >= 0.3 is 0 Å². The average Bonchev–Trinajstić information content (AvgIpc) is 2.30. The van der Waals surface area contributed by atoms with Crippen LogP contribution in [-0.4, -0.2) is 10.2 Å². The predicted octanol–water partition coefficient (Wildman–Crippen LogP) is 4.55. The molecule has 0 aromatic heterocycles. The first-order chi connectivity index (χ1) is 8.86. The number of benzene rings is 2. The molecule has 0 heterocycles. The fourth-order valence-corrected chi connectivity index (χ4v) is 2.71. The quantitative estimate of drug-likeness (QED) is 0.844. The minimum atomic E-state index is -0.0637. The molecular formula is C16H18O2S. The van der Waals surface area contributed by atoms with Gasteiger partial charge in [0.2, 0.25) is 0 Å². The van der Waals surface area contributed by atoms with Gasteiger partial charge in [-0.2, -0.15) is 0 Å². The van der Waals surface area contributed by atoms with E-state index < -0.39 is 0 Å². The number of rotatable bonds is 2. The molecule has 0 fully saturated rings. The third kappa shape index (κ3) is 3.44. The maximum Gasteiger partial charge on any atom is 0.120 e. The first kappa shape index (κ1) is 13.8. The van der Waals surface area contributed by atoms with Gasteiger partial charge in [-0.25, -0.2) is 0 Å². The summed E-state index contributed by atoms with van der Waals surface area (Å²) in [7, 11) is 0. The first-order valence-electron chi connectivity index (χ1n) is 6.16. The van der Waals surface area contributed by atoms with Gasteiger partial charge in [0.25, 0.3) is 0 Å². The summed E-state index contributed by atoms with van der Waals surface area (Å²) >= 11 is 1.56. The van der Waals surface area contributed by atoms with Crippen molar-refractivity contribution in [3.05, 3.63) is 48.0 Å². The molecule has 3 heteroatoms. The topological polar surface area (TPSA) is 40.5 Å². The molecule has 0 atom stereocenters. The molecule has 100 valence electrons. The van der Waals surface area contributed by atoms with Crippen molar-refractivity contribution < 1.29 is 10.2 Å². The van der Waals surface area contributed by atoms with Crippen molar-refractivity contribution in [1.29, 1.82) is 0 Å². The molecule has 19 heavy (non-hydrogen) atoms. The van der Waals surface area contributed by atoms with Crippen LogP contribution in [0.3, 0.4) is 0 Å². The molecule has 0 saturated carbocycles. The summed E-state index contributed by atoms with van der Waals surface area (Å²) in [5.74, 6) is 0.589. The Labute approximate surface area is 118 Å². The van der Waals surface area contributed by atoms with E-state index in [4.69, 9.17) is 0 Å². The molecule has 2 rings (SSSR count). The van der Waals surface area contributed by atoms with E-state index in [1.807, 2.05) is 24.3 Å². The van der Waals surface area contributed by atoms with Crippen LogP contribution in [0.2, 0.25) is 0 Å². The molecule has 0 saturated heterocycles. The Bertz CT molecular complexity index is 568.